The van der Waals surface area contributed by atoms with Gasteiger partial charge in [-0.2, -0.15) is 0 Å². The Bertz CT molecular complexity index is 1230. The second-order valence-electron chi connectivity index (χ2n) is 8.53. The maximum absolute atomic E-state index is 13.0. The summed E-state index contributed by atoms with van der Waals surface area (Å²) in [4.78, 5) is 37.8. The molecular formula is C24H26N6O3S. The van der Waals surface area contributed by atoms with Crippen LogP contribution in [0.3, 0.4) is 0 Å². The zero-order valence-corrected chi connectivity index (χ0v) is 19.7. The van der Waals surface area contributed by atoms with Crippen LogP contribution in [0.1, 0.15) is 31.2 Å². The van der Waals surface area contributed by atoms with Crippen LogP contribution in [0.2, 0.25) is 0 Å². The van der Waals surface area contributed by atoms with Crippen molar-refractivity contribution in [1.29, 1.82) is 0 Å². The SMILES string of the molecule is COc1ccc2nccc(NC(=O)C3CCC(NCc4cnc5c(c4)NC(=O)CS5)CC3)c2n1. The first-order valence-corrected chi connectivity index (χ1v) is 12.3. The van der Waals surface area contributed by atoms with E-state index in [0.29, 0.717) is 40.9 Å². The molecule has 0 spiro atoms. The van der Waals surface area contributed by atoms with Crippen molar-refractivity contribution in [3.05, 3.63) is 42.2 Å². The Kier molecular flexibility index (Phi) is 6.59. The van der Waals surface area contributed by atoms with Gasteiger partial charge in [0.25, 0.3) is 0 Å². The van der Waals surface area contributed by atoms with E-state index in [1.165, 1.54) is 11.8 Å². The summed E-state index contributed by atoms with van der Waals surface area (Å²) in [5, 5.41) is 10.4. The number of rotatable bonds is 6. The van der Waals surface area contributed by atoms with Crippen molar-refractivity contribution in [2.75, 3.05) is 23.5 Å². The highest BCUT2D eigenvalue weighted by atomic mass is 32.2. The van der Waals surface area contributed by atoms with E-state index >= 15 is 0 Å². The lowest BCUT2D eigenvalue weighted by atomic mass is 9.85. The molecule has 1 saturated carbocycles. The summed E-state index contributed by atoms with van der Waals surface area (Å²) in [6.45, 7) is 0.679. The topological polar surface area (TPSA) is 118 Å². The lowest BCUT2D eigenvalue weighted by Crippen LogP contribution is -2.36. The first-order valence-electron chi connectivity index (χ1n) is 11.3. The van der Waals surface area contributed by atoms with Crippen LogP contribution in [0.4, 0.5) is 11.4 Å². The van der Waals surface area contributed by atoms with Crippen LogP contribution >= 0.6 is 11.8 Å². The van der Waals surface area contributed by atoms with Crippen molar-refractivity contribution < 1.29 is 14.3 Å². The summed E-state index contributed by atoms with van der Waals surface area (Å²) in [6.07, 6.45) is 7.01. The van der Waals surface area contributed by atoms with Crippen molar-refractivity contribution >= 4 is 46.0 Å². The van der Waals surface area contributed by atoms with Crippen LogP contribution in [0.25, 0.3) is 11.0 Å². The van der Waals surface area contributed by atoms with Gasteiger partial charge >= 0.3 is 0 Å². The van der Waals surface area contributed by atoms with Crippen LogP contribution in [0.5, 0.6) is 5.88 Å². The largest absolute Gasteiger partial charge is 0.481 e. The molecule has 4 heterocycles. The smallest absolute Gasteiger partial charge is 0.234 e. The maximum Gasteiger partial charge on any atom is 0.234 e. The number of thioether (sulfide) groups is 1. The molecule has 0 bridgehead atoms. The minimum atomic E-state index is -0.0375. The molecule has 34 heavy (non-hydrogen) atoms. The van der Waals surface area contributed by atoms with E-state index in [0.717, 1.165) is 42.0 Å². The highest BCUT2D eigenvalue weighted by molar-refractivity contribution is 8.00. The fraction of sp³-hybridized carbons (Fsp3) is 0.375. The lowest BCUT2D eigenvalue weighted by Gasteiger charge is -2.28. The van der Waals surface area contributed by atoms with Crippen LogP contribution in [-0.2, 0) is 16.1 Å². The number of ether oxygens (including phenoxy) is 1. The standard InChI is InChI=1S/C24H26N6O3S/c1-33-21-7-6-17-22(30-21)18(8-9-25-17)29-23(32)15-2-4-16(5-3-15)26-11-14-10-19-24(27-12-14)34-13-20(31)28-19/h6-10,12,15-16,26H,2-5,11,13H2,1H3,(H,28,31)(H,25,29,32). The van der Waals surface area contributed by atoms with Gasteiger partial charge in [0.15, 0.2) is 0 Å². The Morgan fingerprint density at radius 1 is 1.21 bits per heavy atom. The normalized spacial score (nSPS) is 19.9. The molecule has 1 aliphatic carbocycles. The molecule has 3 aromatic heterocycles. The van der Waals surface area contributed by atoms with Crippen molar-refractivity contribution in [2.24, 2.45) is 5.92 Å². The Morgan fingerprint density at radius 2 is 2.06 bits per heavy atom. The molecule has 1 aliphatic heterocycles. The number of fused-ring (bicyclic) bond motifs is 2. The average Bonchev–Trinajstić information content (AvgIpc) is 2.87. The Labute approximate surface area is 201 Å². The van der Waals surface area contributed by atoms with E-state index in [-0.39, 0.29) is 17.7 Å². The molecule has 0 atom stereocenters. The van der Waals surface area contributed by atoms with Crippen LogP contribution in [0.15, 0.2) is 41.7 Å². The molecule has 0 radical (unpaired) electrons. The number of hydrogen-bond acceptors (Lipinski definition) is 8. The van der Waals surface area contributed by atoms with Gasteiger partial charge in [0.2, 0.25) is 17.7 Å². The lowest BCUT2D eigenvalue weighted by molar-refractivity contribution is -0.121. The Balaban J connectivity index is 1.14. The van der Waals surface area contributed by atoms with Crippen molar-refractivity contribution in [1.82, 2.24) is 20.3 Å². The second-order valence-corrected chi connectivity index (χ2v) is 9.50. The van der Waals surface area contributed by atoms with Gasteiger partial charge in [0, 0.05) is 37.0 Å². The number of nitrogens with zero attached hydrogens (tertiary/aromatic N) is 3. The van der Waals surface area contributed by atoms with Crippen LogP contribution < -0.4 is 20.7 Å². The third kappa shape index (κ3) is 4.97. The van der Waals surface area contributed by atoms with Crippen LogP contribution in [-0.4, -0.2) is 45.7 Å². The van der Waals surface area contributed by atoms with Crippen LogP contribution in [0, 0.1) is 5.92 Å². The predicted octanol–water partition coefficient (Wildman–Crippen LogP) is 3.36. The van der Waals surface area contributed by atoms with Gasteiger partial charge in [0.05, 0.1) is 29.8 Å². The Morgan fingerprint density at radius 3 is 2.88 bits per heavy atom. The third-order valence-electron chi connectivity index (χ3n) is 6.24. The predicted molar refractivity (Wildman–Crippen MR) is 131 cm³/mol. The summed E-state index contributed by atoms with van der Waals surface area (Å²) in [5.41, 5.74) is 3.81. The van der Waals surface area contributed by atoms with Gasteiger partial charge in [-0.1, -0.05) is 11.8 Å². The van der Waals surface area contributed by atoms with Gasteiger partial charge in [-0.05, 0) is 49.4 Å². The molecule has 0 saturated heterocycles. The van der Waals surface area contributed by atoms with Gasteiger partial charge in [-0.3, -0.25) is 14.6 Å². The molecule has 2 aliphatic rings. The fourth-order valence-electron chi connectivity index (χ4n) is 4.40. The Hall–Kier alpha value is -3.24. The van der Waals surface area contributed by atoms with E-state index in [2.05, 4.69) is 30.9 Å². The van der Waals surface area contributed by atoms with Gasteiger partial charge < -0.3 is 20.7 Å². The van der Waals surface area contributed by atoms with Crippen molar-refractivity contribution in [3.8, 4) is 5.88 Å². The zero-order chi connectivity index (χ0) is 23.5. The average molecular weight is 479 g/mol. The highest BCUT2D eigenvalue weighted by Gasteiger charge is 2.27. The molecule has 5 rings (SSSR count). The molecule has 10 heteroatoms. The number of nitrogens with one attached hydrogen (secondary N) is 3. The molecule has 3 aromatic rings. The summed E-state index contributed by atoms with van der Waals surface area (Å²) in [6, 6.07) is 7.69. The van der Waals surface area contributed by atoms with Gasteiger partial charge in [-0.15, -0.1) is 0 Å². The molecule has 0 unspecified atom stereocenters. The number of carbonyl (C=O) groups excluding carboxylic acids is 2. The number of hydrogen-bond donors (Lipinski definition) is 3. The first kappa shape index (κ1) is 22.5. The third-order valence-corrected chi connectivity index (χ3v) is 7.25. The van der Waals surface area contributed by atoms with E-state index in [1.54, 1.807) is 25.4 Å². The van der Waals surface area contributed by atoms with E-state index in [9.17, 15) is 9.59 Å². The zero-order valence-electron chi connectivity index (χ0n) is 18.8. The molecule has 2 amide bonds. The van der Waals surface area contributed by atoms with Crippen molar-refractivity contribution in [3.63, 3.8) is 0 Å². The quantitative estimate of drug-likeness (QED) is 0.494. The minimum Gasteiger partial charge on any atom is -0.481 e. The maximum atomic E-state index is 13.0. The highest BCUT2D eigenvalue weighted by Crippen LogP contribution is 2.31. The number of carbonyl (C=O) groups is 2. The second kappa shape index (κ2) is 9.94. The number of anilines is 2. The monoisotopic (exact) mass is 478 g/mol. The number of pyridine rings is 3. The van der Waals surface area contributed by atoms with E-state index < -0.39 is 0 Å². The summed E-state index contributed by atoms with van der Waals surface area (Å²) in [7, 11) is 1.56. The van der Waals surface area contributed by atoms with Gasteiger partial charge in [0.1, 0.15) is 10.5 Å². The molecule has 1 fully saturated rings. The fourth-order valence-corrected chi connectivity index (χ4v) is 5.13. The molecule has 3 N–H and O–H groups in total. The van der Waals surface area contributed by atoms with E-state index in [4.69, 9.17) is 4.74 Å². The molecule has 0 aromatic carbocycles. The molecule has 176 valence electrons. The molecular weight excluding hydrogens is 452 g/mol. The first-order chi connectivity index (χ1) is 16.6. The minimum absolute atomic E-state index is 0.00990. The summed E-state index contributed by atoms with van der Waals surface area (Å²) in [5.74, 6) is 0.886. The number of amides is 2. The number of methoxy groups -OCH3 is 1. The van der Waals surface area contributed by atoms with Gasteiger partial charge in [-0.25, -0.2) is 9.97 Å². The number of aromatic nitrogens is 3. The molecule has 9 nitrogen and oxygen atoms in total. The van der Waals surface area contributed by atoms with E-state index in [1.807, 2.05) is 18.3 Å². The summed E-state index contributed by atoms with van der Waals surface area (Å²) < 4.78 is 5.22. The van der Waals surface area contributed by atoms with Crippen molar-refractivity contribution in [2.45, 2.75) is 43.3 Å². The summed E-state index contributed by atoms with van der Waals surface area (Å²) >= 11 is 1.46.